The fourth-order valence-corrected chi connectivity index (χ4v) is 2.09. The highest BCUT2D eigenvalue weighted by molar-refractivity contribution is 5.96. The van der Waals surface area contributed by atoms with Crippen molar-refractivity contribution in [3.05, 3.63) is 58.4 Å². The number of ketones is 1. The van der Waals surface area contributed by atoms with E-state index in [1.807, 2.05) is 26.8 Å². The number of ether oxygens (including phenoxy) is 1. The molecule has 2 aromatic carbocycles. The molecule has 20 heavy (non-hydrogen) atoms. The lowest BCUT2D eigenvalue weighted by molar-refractivity contribution is 0.101. The fraction of sp³-hybridized carbons (Fsp3) is 0.235. The number of halogens is 1. The van der Waals surface area contributed by atoms with Crippen molar-refractivity contribution >= 4 is 5.78 Å². The number of carbonyl (C=O) groups is 1. The van der Waals surface area contributed by atoms with Gasteiger partial charge in [-0.3, -0.25) is 4.79 Å². The first-order chi connectivity index (χ1) is 9.38. The molecule has 0 fully saturated rings. The highest BCUT2D eigenvalue weighted by Gasteiger charge is 2.13. The predicted octanol–water partition coefficient (Wildman–Crippen LogP) is 4.75. The molecule has 0 bridgehead atoms. The van der Waals surface area contributed by atoms with Gasteiger partial charge >= 0.3 is 0 Å². The Morgan fingerprint density at radius 2 is 1.75 bits per heavy atom. The number of aryl methyl sites for hydroxylation is 2. The van der Waals surface area contributed by atoms with E-state index in [-0.39, 0.29) is 11.3 Å². The minimum absolute atomic E-state index is 0.221. The number of hydrogen-bond donors (Lipinski definition) is 0. The minimum Gasteiger partial charge on any atom is -0.456 e. The van der Waals surface area contributed by atoms with E-state index in [0.717, 1.165) is 16.7 Å². The van der Waals surface area contributed by atoms with Crippen LogP contribution < -0.4 is 4.74 Å². The second kappa shape index (κ2) is 5.45. The monoisotopic (exact) mass is 272 g/mol. The third kappa shape index (κ3) is 2.87. The zero-order chi connectivity index (χ0) is 14.9. The van der Waals surface area contributed by atoms with Crippen LogP contribution in [0.3, 0.4) is 0 Å². The Labute approximate surface area is 118 Å². The molecule has 0 radical (unpaired) electrons. The van der Waals surface area contributed by atoms with Crippen LogP contribution in [-0.2, 0) is 0 Å². The van der Waals surface area contributed by atoms with Crippen molar-refractivity contribution in [3.63, 3.8) is 0 Å². The molecule has 2 aromatic rings. The van der Waals surface area contributed by atoms with Gasteiger partial charge in [0.25, 0.3) is 0 Å². The lowest BCUT2D eigenvalue weighted by atomic mass is 10.1. The van der Waals surface area contributed by atoms with Crippen LogP contribution in [0, 0.1) is 26.6 Å². The van der Waals surface area contributed by atoms with Crippen molar-refractivity contribution in [1.29, 1.82) is 0 Å². The Kier molecular flexibility index (Phi) is 3.89. The zero-order valence-electron chi connectivity index (χ0n) is 12.1. The highest BCUT2D eigenvalue weighted by Crippen LogP contribution is 2.31. The first-order valence-electron chi connectivity index (χ1n) is 6.44. The molecular formula is C17H17FO2. The average molecular weight is 272 g/mol. The van der Waals surface area contributed by atoms with Crippen molar-refractivity contribution in [2.24, 2.45) is 0 Å². The molecule has 3 heteroatoms. The quantitative estimate of drug-likeness (QED) is 0.754. The van der Waals surface area contributed by atoms with E-state index in [0.29, 0.717) is 11.5 Å². The molecule has 0 aliphatic rings. The van der Waals surface area contributed by atoms with Crippen molar-refractivity contribution in [2.75, 3.05) is 0 Å². The van der Waals surface area contributed by atoms with Gasteiger partial charge in [-0.15, -0.1) is 0 Å². The standard InChI is InChI=1S/C17H17FO2/c1-10-7-11(2)12(3)17(8-10)20-16-6-5-14(18)9-15(16)13(4)19/h5-9H,1-4H3. The van der Waals surface area contributed by atoms with Crippen LogP contribution in [0.1, 0.15) is 34.0 Å². The summed E-state index contributed by atoms with van der Waals surface area (Å²) in [6.07, 6.45) is 0. The lowest BCUT2D eigenvalue weighted by Gasteiger charge is -2.14. The Morgan fingerprint density at radius 1 is 1.05 bits per heavy atom. The van der Waals surface area contributed by atoms with Gasteiger partial charge in [-0.1, -0.05) is 6.07 Å². The molecule has 0 atom stereocenters. The highest BCUT2D eigenvalue weighted by atomic mass is 19.1. The van der Waals surface area contributed by atoms with E-state index in [1.54, 1.807) is 0 Å². The van der Waals surface area contributed by atoms with E-state index >= 15 is 0 Å². The first-order valence-corrected chi connectivity index (χ1v) is 6.44. The van der Waals surface area contributed by atoms with Crippen LogP contribution in [-0.4, -0.2) is 5.78 Å². The fourth-order valence-electron chi connectivity index (χ4n) is 2.09. The molecule has 0 aromatic heterocycles. The van der Waals surface area contributed by atoms with Gasteiger partial charge < -0.3 is 4.74 Å². The molecule has 2 nitrogen and oxygen atoms in total. The van der Waals surface area contributed by atoms with Gasteiger partial charge in [-0.05, 0) is 68.7 Å². The summed E-state index contributed by atoms with van der Waals surface area (Å²) in [4.78, 5) is 11.6. The second-order valence-corrected chi connectivity index (χ2v) is 5.00. The van der Waals surface area contributed by atoms with Crippen LogP contribution in [0.15, 0.2) is 30.3 Å². The second-order valence-electron chi connectivity index (χ2n) is 5.00. The van der Waals surface area contributed by atoms with Gasteiger partial charge in [0.15, 0.2) is 5.78 Å². The molecule has 2 rings (SSSR count). The SMILES string of the molecule is CC(=O)c1cc(F)ccc1Oc1cc(C)cc(C)c1C. The molecule has 104 valence electrons. The van der Waals surface area contributed by atoms with Crippen molar-refractivity contribution < 1.29 is 13.9 Å². The molecule has 0 aliphatic carbocycles. The van der Waals surface area contributed by atoms with Gasteiger partial charge in [-0.25, -0.2) is 4.39 Å². The Hall–Kier alpha value is -2.16. The Bertz CT molecular complexity index is 675. The lowest BCUT2D eigenvalue weighted by Crippen LogP contribution is -1.99. The van der Waals surface area contributed by atoms with E-state index in [2.05, 4.69) is 6.07 Å². The van der Waals surface area contributed by atoms with E-state index < -0.39 is 5.82 Å². The molecule has 0 saturated carbocycles. The minimum atomic E-state index is -0.445. The molecule has 0 amide bonds. The summed E-state index contributed by atoms with van der Waals surface area (Å²) >= 11 is 0. The summed E-state index contributed by atoms with van der Waals surface area (Å²) in [6.45, 7) is 7.35. The van der Waals surface area contributed by atoms with Crippen molar-refractivity contribution in [3.8, 4) is 11.5 Å². The van der Waals surface area contributed by atoms with Gasteiger partial charge in [0, 0.05) is 0 Å². The van der Waals surface area contributed by atoms with Crippen LogP contribution in [0.25, 0.3) is 0 Å². The summed E-state index contributed by atoms with van der Waals surface area (Å²) < 4.78 is 19.1. The predicted molar refractivity (Wildman–Crippen MR) is 77.1 cm³/mol. The van der Waals surface area contributed by atoms with Gasteiger partial charge in [0.1, 0.15) is 17.3 Å². The maximum atomic E-state index is 13.2. The van der Waals surface area contributed by atoms with Crippen LogP contribution >= 0.6 is 0 Å². The Morgan fingerprint density at radius 3 is 2.40 bits per heavy atom. The summed E-state index contributed by atoms with van der Waals surface area (Å²) in [6, 6.07) is 7.97. The number of carbonyl (C=O) groups excluding carboxylic acids is 1. The number of rotatable bonds is 3. The smallest absolute Gasteiger partial charge is 0.163 e. The van der Waals surface area contributed by atoms with Crippen LogP contribution in [0.4, 0.5) is 4.39 Å². The van der Waals surface area contributed by atoms with Gasteiger partial charge in [0.2, 0.25) is 0 Å². The molecular weight excluding hydrogens is 255 g/mol. The summed E-state index contributed by atoms with van der Waals surface area (Å²) in [7, 11) is 0. The van der Waals surface area contributed by atoms with Crippen molar-refractivity contribution in [2.45, 2.75) is 27.7 Å². The zero-order valence-corrected chi connectivity index (χ0v) is 12.1. The summed E-state index contributed by atoms with van der Waals surface area (Å²) in [5.74, 6) is 0.407. The maximum absolute atomic E-state index is 13.2. The van der Waals surface area contributed by atoms with Crippen LogP contribution in [0.2, 0.25) is 0 Å². The van der Waals surface area contributed by atoms with E-state index in [1.165, 1.54) is 25.1 Å². The number of hydrogen-bond acceptors (Lipinski definition) is 2. The third-order valence-electron chi connectivity index (χ3n) is 3.30. The summed E-state index contributed by atoms with van der Waals surface area (Å²) in [5, 5.41) is 0. The van der Waals surface area contributed by atoms with E-state index in [4.69, 9.17) is 4.74 Å². The Balaban J connectivity index is 2.48. The van der Waals surface area contributed by atoms with E-state index in [9.17, 15) is 9.18 Å². The normalized spacial score (nSPS) is 10.4. The number of benzene rings is 2. The maximum Gasteiger partial charge on any atom is 0.163 e. The topological polar surface area (TPSA) is 26.3 Å². The molecule has 0 spiro atoms. The number of Topliss-reactive ketones (excluding diaryl/α,β-unsaturated/α-hetero) is 1. The van der Waals surface area contributed by atoms with Crippen LogP contribution in [0.5, 0.6) is 11.5 Å². The molecule has 0 heterocycles. The molecule has 0 aliphatic heterocycles. The molecule has 0 saturated heterocycles. The average Bonchev–Trinajstić information content (AvgIpc) is 2.37. The van der Waals surface area contributed by atoms with Gasteiger partial charge in [0.05, 0.1) is 5.56 Å². The van der Waals surface area contributed by atoms with Crippen molar-refractivity contribution in [1.82, 2.24) is 0 Å². The summed E-state index contributed by atoms with van der Waals surface area (Å²) in [5.41, 5.74) is 3.46. The first kappa shape index (κ1) is 14.3. The third-order valence-corrected chi connectivity index (χ3v) is 3.30. The molecule has 0 unspecified atom stereocenters. The van der Waals surface area contributed by atoms with Gasteiger partial charge in [-0.2, -0.15) is 0 Å². The largest absolute Gasteiger partial charge is 0.456 e. The molecule has 0 N–H and O–H groups in total.